The second kappa shape index (κ2) is 7.20. The molecule has 0 fully saturated rings. The second-order valence-corrected chi connectivity index (χ2v) is 4.00. The van der Waals surface area contributed by atoms with E-state index < -0.39 is 0 Å². The molecule has 0 amide bonds. The van der Waals surface area contributed by atoms with Crippen molar-refractivity contribution in [2.75, 3.05) is 13.2 Å². The van der Waals surface area contributed by atoms with Gasteiger partial charge in [-0.05, 0) is 25.8 Å². The first kappa shape index (κ1) is 13.9. The Bertz CT molecular complexity index is 374. The highest BCUT2D eigenvalue weighted by Crippen LogP contribution is 2.20. The first-order valence-electron chi connectivity index (χ1n) is 5.90. The Morgan fingerprint density at radius 1 is 1.47 bits per heavy atom. The summed E-state index contributed by atoms with van der Waals surface area (Å²) in [4.78, 5) is 5.10. The second-order valence-electron chi connectivity index (χ2n) is 4.00. The van der Waals surface area contributed by atoms with Crippen molar-refractivity contribution in [3.05, 3.63) is 46.9 Å². The van der Waals surface area contributed by atoms with Crippen LogP contribution in [0.25, 0.3) is 0 Å². The zero-order valence-corrected chi connectivity index (χ0v) is 10.7. The van der Waals surface area contributed by atoms with Crippen molar-refractivity contribution in [2.24, 2.45) is 0 Å². The van der Waals surface area contributed by atoms with Crippen LogP contribution in [0.1, 0.15) is 27.2 Å². The molecule has 0 unspecified atom stereocenters. The average molecular weight is 237 g/mol. The van der Waals surface area contributed by atoms with Crippen LogP contribution in [0.15, 0.2) is 46.9 Å². The van der Waals surface area contributed by atoms with Gasteiger partial charge in [-0.2, -0.15) is 5.48 Å². The predicted octanol–water partition coefficient (Wildman–Crippen LogP) is 3.60. The van der Waals surface area contributed by atoms with Crippen molar-refractivity contribution in [3.63, 3.8) is 0 Å². The number of hydrogen-bond acceptors (Lipinski definition) is 2. The molecule has 0 bridgehead atoms. The van der Waals surface area contributed by atoms with Gasteiger partial charge in [0, 0.05) is 12.1 Å². The minimum atomic E-state index is -0.178. The first-order valence-corrected chi connectivity index (χ1v) is 5.90. The van der Waals surface area contributed by atoms with Gasteiger partial charge >= 0.3 is 0 Å². The number of halogens is 1. The lowest BCUT2D eigenvalue weighted by atomic mass is 10.0. The number of rotatable bonds is 4. The van der Waals surface area contributed by atoms with Gasteiger partial charge in [0.25, 0.3) is 0 Å². The van der Waals surface area contributed by atoms with Gasteiger partial charge in [-0.1, -0.05) is 36.8 Å². The molecular formula is C14H20FNO. The molecule has 1 heterocycles. The topological polar surface area (TPSA) is 21.3 Å². The standard InChI is InChI=1S/C14H20FNO/c1-4-5-11(2)6-7-14(12(3)15)13-8-9-16-17-10-13/h5-8,16H,4,9-10H2,1-3H3/b7-6-,11-5+,14-12-. The lowest BCUT2D eigenvalue weighted by Gasteiger charge is -2.15. The zero-order chi connectivity index (χ0) is 12.7. The summed E-state index contributed by atoms with van der Waals surface area (Å²) in [7, 11) is 0. The smallest absolute Gasteiger partial charge is 0.104 e. The Morgan fingerprint density at radius 2 is 2.24 bits per heavy atom. The molecule has 1 N–H and O–H groups in total. The maximum Gasteiger partial charge on any atom is 0.104 e. The van der Waals surface area contributed by atoms with E-state index in [2.05, 4.69) is 18.5 Å². The van der Waals surface area contributed by atoms with E-state index in [-0.39, 0.29) is 5.83 Å². The highest BCUT2D eigenvalue weighted by atomic mass is 19.1. The molecule has 0 aliphatic carbocycles. The van der Waals surface area contributed by atoms with Crippen LogP contribution in [0, 0.1) is 0 Å². The molecular weight excluding hydrogens is 217 g/mol. The molecule has 0 saturated carbocycles. The number of hydroxylamine groups is 1. The van der Waals surface area contributed by atoms with E-state index in [9.17, 15) is 4.39 Å². The number of allylic oxidation sites excluding steroid dienone is 5. The Hall–Kier alpha value is -1.19. The van der Waals surface area contributed by atoms with E-state index in [0.29, 0.717) is 18.7 Å². The quantitative estimate of drug-likeness (QED) is 0.754. The maximum absolute atomic E-state index is 13.5. The fourth-order valence-corrected chi connectivity index (χ4v) is 1.65. The highest BCUT2D eigenvalue weighted by molar-refractivity contribution is 5.44. The van der Waals surface area contributed by atoms with Crippen molar-refractivity contribution >= 4 is 0 Å². The third-order valence-corrected chi connectivity index (χ3v) is 2.52. The Balaban J connectivity index is 2.85. The largest absolute Gasteiger partial charge is 0.297 e. The van der Waals surface area contributed by atoms with Crippen LogP contribution in [0.2, 0.25) is 0 Å². The summed E-state index contributed by atoms with van der Waals surface area (Å²) in [5.74, 6) is -0.178. The van der Waals surface area contributed by atoms with Gasteiger partial charge in [-0.3, -0.25) is 4.84 Å². The molecule has 0 radical (unpaired) electrons. The summed E-state index contributed by atoms with van der Waals surface area (Å²) in [5.41, 5.74) is 5.39. The molecule has 0 saturated heterocycles. The molecule has 0 aromatic carbocycles. The van der Waals surface area contributed by atoms with Crippen LogP contribution in [-0.2, 0) is 4.84 Å². The van der Waals surface area contributed by atoms with Gasteiger partial charge in [0.1, 0.15) is 5.83 Å². The van der Waals surface area contributed by atoms with E-state index in [0.717, 1.165) is 17.6 Å². The summed E-state index contributed by atoms with van der Waals surface area (Å²) in [6.45, 7) is 6.58. The Labute approximate surface area is 103 Å². The molecule has 0 aromatic rings. The molecule has 1 aliphatic rings. The third kappa shape index (κ3) is 4.67. The Kier molecular flexibility index (Phi) is 5.87. The lowest BCUT2D eigenvalue weighted by Crippen LogP contribution is -2.22. The van der Waals surface area contributed by atoms with Crippen LogP contribution in [0.4, 0.5) is 4.39 Å². The van der Waals surface area contributed by atoms with Crippen LogP contribution in [-0.4, -0.2) is 13.2 Å². The van der Waals surface area contributed by atoms with Crippen LogP contribution in [0.5, 0.6) is 0 Å². The van der Waals surface area contributed by atoms with Gasteiger partial charge in [-0.25, -0.2) is 4.39 Å². The van der Waals surface area contributed by atoms with Gasteiger partial charge in [0.05, 0.1) is 6.61 Å². The van der Waals surface area contributed by atoms with Crippen molar-refractivity contribution < 1.29 is 9.23 Å². The zero-order valence-electron chi connectivity index (χ0n) is 10.7. The fourth-order valence-electron chi connectivity index (χ4n) is 1.65. The molecule has 1 aliphatic heterocycles. The van der Waals surface area contributed by atoms with Gasteiger partial charge in [-0.15, -0.1) is 0 Å². The summed E-state index contributed by atoms with van der Waals surface area (Å²) in [6.07, 6.45) is 8.79. The molecule has 0 atom stereocenters. The van der Waals surface area contributed by atoms with Crippen LogP contribution in [0.3, 0.4) is 0 Å². The molecule has 3 heteroatoms. The van der Waals surface area contributed by atoms with E-state index in [1.54, 1.807) is 0 Å². The normalized spacial score (nSPS) is 19.3. The van der Waals surface area contributed by atoms with Crippen LogP contribution >= 0.6 is 0 Å². The summed E-state index contributed by atoms with van der Waals surface area (Å²) in [5, 5.41) is 0. The van der Waals surface area contributed by atoms with Crippen molar-refractivity contribution in [2.45, 2.75) is 27.2 Å². The van der Waals surface area contributed by atoms with Gasteiger partial charge in [0.15, 0.2) is 0 Å². The van der Waals surface area contributed by atoms with E-state index in [4.69, 9.17) is 4.84 Å². The maximum atomic E-state index is 13.5. The molecule has 0 aromatic heterocycles. The monoisotopic (exact) mass is 237 g/mol. The molecule has 2 nitrogen and oxygen atoms in total. The van der Waals surface area contributed by atoms with Crippen LogP contribution < -0.4 is 5.48 Å². The fraction of sp³-hybridized carbons (Fsp3) is 0.429. The average Bonchev–Trinajstić information content (AvgIpc) is 2.30. The Morgan fingerprint density at radius 3 is 2.76 bits per heavy atom. The first-order chi connectivity index (χ1) is 8.15. The van der Waals surface area contributed by atoms with E-state index in [1.807, 2.05) is 25.2 Å². The SMILES string of the molecule is CC/C=C(C)/C=C\C(C1=CCNOC1)=C(/C)F. The van der Waals surface area contributed by atoms with Gasteiger partial charge < -0.3 is 0 Å². The molecule has 1 rings (SSSR count). The van der Waals surface area contributed by atoms with Crippen molar-refractivity contribution in [1.29, 1.82) is 0 Å². The predicted molar refractivity (Wildman–Crippen MR) is 69.0 cm³/mol. The molecule has 94 valence electrons. The molecule has 0 spiro atoms. The highest BCUT2D eigenvalue weighted by Gasteiger charge is 2.09. The van der Waals surface area contributed by atoms with E-state index >= 15 is 0 Å². The summed E-state index contributed by atoms with van der Waals surface area (Å²) < 4.78 is 13.5. The number of nitrogens with one attached hydrogen (secondary N) is 1. The lowest BCUT2D eigenvalue weighted by molar-refractivity contribution is 0.0578. The summed E-state index contributed by atoms with van der Waals surface area (Å²) in [6, 6.07) is 0. The van der Waals surface area contributed by atoms with E-state index in [1.165, 1.54) is 6.92 Å². The number of hydrogen-bond donors (Lipinski definition) is 1. The minimum absolute atomic E-state index is 0.178. The summed E-state index contributed by atoms with van der Waals surface area (Å²) >= 11 is 0. The minimum Gasteiger partial charge on any atom is -0.297 e. The molecule has 17 heavy (non-hydrogen) atoms. The van der Waals surface area contributed by atoms with Gasteiger partial charge in [0.2, 0.25) is 0 Å². The van der Waals surface area contributed by atoms with Crippen molar-refractivity contribution in [3.8, 4) is 0 Å². The van der Waals surface area contributed by atoms with Crippen molar-refractivity contribution in [1.82, 2.24) is 5.48 Å². The third-order valence-electron chi connectivity index (χ3n) is 2.52.